The average Bonchev–Trinajstić information content (AvgIpc) is 2.79. The van der Waals surface area contributed by atoms with Gasteiger partial charge in [0.05, 0.1) is 16.3 Å². The normalized spacial score (nSPS) is 10.7. The summed E-state index contributed by atoms with van der Waals surface area (Å²) in [6, 6.07) is 7.39. The summed E-state index contributed by atoms with van der Waals surface area (Å²) in [7, 11) is 0. The molecule has 1 aromatic heterocycles. The van der Waals surface area contributed by atoms with Crippen LogP contribution in [0.3, 0.4) is 0 Å². The van der Waals surface area contributed by atoms with Gasteiger partial charge in [-0.1, -0.05) is 28.9 Å². The van der Waals surface area contributed by atoms with E-state index in [-0.39, 0.29) is 0 Å². The summed E-state index contributed by atoms with van der Waals surface area (Å²) in [6.45, 7) is 0.653. The minimum absolute atomic E-state index is 0.457. The van der Waals surface area contributed by atoms with Gasteiger partial charge < -0.3 is 10.3 Å². The molecule has 0 aliphatic rings. The third-order valence-electron chi connectivity index (χ3n) is 2.07. The molecule has 0 saturated heterocycles. The Morgan fingerprint density at radius 1 is 1.35 bits per heavy atom. The summed E-state index contributed by atoms with van der Waals surface area (Å²) in [5.74, 6) is 2.71. The molecule has 0 radical (unpaired) electrons. The van der Waals surface area contributed by atoms with Gasteiger partial charge in [-0.15, -0.1) is 0 Å². The van der Waals surface area contributed by atoms with Crippen molar-refractivity contribution in [1.29, 1.82) is 0 Å². The highest BCUT2D eigenvalue weighted by atomic mass is 35.5. The maximum Gasteiger partial charge on any atom is 0.259 e. The van der Waals surface area contributed by atoms with E-state index in [2.05, 4.69) is 10.1 Å². The van der Waals surface area contributed by atoms with Crippen LogP contribution in [0.2, 0.25) is 5.02 Å². The Morgan fingerprint density at radius 3 is 2.94 bits per heavy atom. The van der Waals surface area contributed by atoms with Crippen LogP contribution in [-0.2, 0) is 5.75 Å². The van der Waals surface area contributed by atoms with Crippen LogP contribution >= 0.6 is 23.4 Å². The van der Waals surface area contributed by atoms with Crippen LogP contribution in [0.5, 0.6) is 0 Å². The third-order valence-corrected chi connectivity index (χ3v) is 3.38. The fraction of sp³-hybridized carbons (Fsp3) is 0.273. The largest absolute Gasteiger partial charge is 0.334 e. The Morgan fingerprint density at radius 2 is 2.18 bits per heavy atom. The number of benzene rings is 1. The Kier molecular flexibility index (Phi) is 4.42. The van der Waals surface area contributed by atoms with Gasteiger partial charge in [0.2, 0.25) is 0 Å². The van der Waals surface area contributed by atoms with E-state index in [9.17, 15) is 0 Å². The van der Waals surface area contributed by atoms with Gasteiger partial charge in [-0.3, -0.25) is 0 Å². The molecule has 0 saturated carbocycles. The topological polar surface area (TPSA) is 64.9 Å². The molecule has 0 bridgehead atoms. The van der Waals surface area contributed by atoms with Gasteiger partial charge in [0, 0.05) is 12.3 Å². The van der Waals surface area contributed by atoms with Gasteiger partial charge in [0.25, 0.3) is 5.89 Å². The van der Waals surface area contributed by atoms with Crippen molar-refractivity contribution in [2.75, 3.05) is 12.3 Å². The standard InChI is InChI=1S/C11H12ClN3OS/c12-9-4-2-1-3-8(9)11-14-10(15-16-11)7-17-6-5-13/h1-4H,5-7,13H2. The van der Waals surface area contributed by atoms with Crippen molar-refractivity contribution in [3.05, 3.63) is 35.1 Å². The minimum atomic E-state index is 0.457. The van der Waals surface area contributed by atoms with Crippen molar-refractivity contribution >= 4 is 23.4 Å². The van der Waals surface area contributed by atoms with E-state index in [0.29, 0.717) is 29.0 Å². The van der Waals surface area contributed by atoms with Crippen molar-refractivity contribution < 1.29 is 4.52 Å². The number of rotatable bonds is 5. The predicted octanol–water partition coefficient (Wildman–Crippen LogP) is 2.58. The molecule has 0 atom stereocenters. The van der Waals surface area contributed by atoms with Crippen molar-refractivity contribution in [2.24, 2.45) is 5.73 Å². The molecule has 0 fully saturated rings. The molecule has 0 amide bonds. The van der Waals surface area contributed by atoms with Crippen LogP contribution < -0.4 is 5.73 Å². The predicted molar refractivity (Wildman–Crippen MR) is 70.0 cm³/mol. The van der Waals surface area contributed by atoms with Crippen LogP contribution in [0.15, 0.2) is 28.8 Å². The lowest BCUT2D eigenvalue weighted by atomic mass is 10.2. The van der Waals surface area contributed by atoms with Gasteiger partial charge in [-0.05, 0) is 12.1 Å². The molecule has 6 heteroatoms. The van der Waals surface area contributed by atoms with Gasteiger partial charge in [0.15, 0.2) is 5.82 Å². The Bertz CT molecular complexity index is 489. The van der Waals surface area contributed by atoms with Crippen molar-refractivity contribution in [1.82, 2.24) is 10.1 Å². The Hall–Kier alpha value is -1.04. The highest BCUT2D eigenvalue weighted by Gasteiger charge is 2.11. The summed E-state index contributed by atoms with van der Waals surface area (Å²) >= 11 is 7.72. The molecular weight excluding hydrogens is 258 g/mol. The fourth-order valence-electron chi connectivity index (χ4n) is 1.30. The van der Waals surface area contributed by atoms with E-state index in [1.807, 2.05) is 18.2 Å². The van der Waals surface area contributed by atoms with Crippen LogP contribution in [0.1, 0.15) is 5.82 Å². The van der Waals surface area contributed by atoms with E-state index >= 15 is 0 Å². The summed E-state index contributed by atoms with van der Waals surface area (Å²) < 4.78 is 5.17. The zero-order valence-corrected chi connectivity index (χ0v) is 10.7. The van der Waals surface area contributed by atoms with E-state index in [0.717, 1.165) is 11.3 Å². The van der Waals surface area contributed by atoms with Crippen LogP contribution in [0.4, 0.5) is 0 Å². The number of hydrogen-bond acceptors (Lipinski definition) is 5. The molecule has 2 rings (SSSR count). The molecule has 4 nitrogen and oxygen atoms in total. The second-order valence-electron chi connectivity index (χ2n) is 3.34. The smallest absolute Gasteiger partial charge is 0.259 e. The monoisotopic (exact) mass is 269 g/mol. The Labute approximate surface area is 109 Å². The lowest BCUT2D eigenvalue weighted by molar-refractivity contribution is 0.425. The first-order valence-electron chi connectivity index (χ1n) is 5.16. The van der Waals surface area contributed by atoms with E-state index in [1.54, 1.807) is 17.8 Å². The number of nitrogens with zero attached hydrogens (tertiary/aromatic N) is 2. The fourth-order valence-corrected chi connectivity index (χ4v) is 2.13. The molecule has 2 aromatic rings. The number of halogens is 1. The molecule has 90 valence electrons. The SMILES string of the molecule is NCCSCc1noc(-c2ccccc2Cl)n1. The number of aromatic nitrogens is 2. The highest BCUT2D eigenvalue weighted by Crippen LogP contribution is 2.26. The average molecular weight is 270 g/mol. The molecule has 0 aliphatic carbocycles. The Balaban J connectivity index is 2.10. The molecule has 0 aliphatic heterocycles. The quantitative estimate of drug-likeness (QED) is 0.845. The van der Waals surface area contributed by atoms with Crippen molar-refractivity contribution in [2.45, 2.75) is 5.75 Å². The van der Waals surface area contributed by atoms with E-state index in [1.165, 1.54) is 0 Å². The number of nitrogens with two attached hydrogens (primary N) is 1. The lowest BCUT2D eigenvalue weighted by Gasteiger charge is -1.96. The van der Waals surface area contributed by atoms with Gasteiger partial charge >= 0.3 is 0 Å². The van der Waals surface area contributed by atoms with Crippen molar-refractivity contribution in [3.8, 4) is 11.5 Å². The van der Waals surface area contributed by atoms with Crippen LogP contribution in [0.25, 0.3) is 11.5 Å². The first-order valence-corrected chi connectivity index (χ1v) is 6.70. The van der Waals surface area contributed by atoms with Crippen LogP contribution in [0, 0.1) is 0 Å². The minimum Gasteiger partial charge on any atom is -0.334 e. The summed E-state index contributed by atoms with van der Waals surface area (Å²) in [5, 5.41) is 4.51. The molecular formula is C11H12ClN3OS. The summed E-state index contributed by atoms with van der Waals surface area (Å²) in [5.41, 5.74) is 6.17. The molecule has 17 heavy (non-hydrogen) atoms. The molecule has 1 aromatic carbocycles. The third kappa shape index (κ3) is 3.21. The molecule has 1 heterocycles. The number of hydrogen-bond donors (Lipinski definition) is 1. The maximum atomic E-state index is 6.05. The maximum absolute atomic E-state index is 6.05. The first-order chi connectivity index (χ1) is 8.31. The second-order valence-corrected chi connectivity index (χ2v) is 4.85. The van der Waals surface area contributed by atoms with Gasteiger partial charge in [-0.2, -0.15) is 16.7 Å². The molecule has 0 unspecified atom stereocenters. The van der Waals surface area contributed by atoms with E-state index in [4.69, 9.17) is 21.9 Å². The van der Waals surface area contributed by atoms with Crippen LogP contribution in [-0.4, -0.2) is 22.4 Å². The summed E-state index contributed by atoms with van der Waals surface area (Å²) in [6.07, 6.45) is 0. The molecule has 2 N–H and O–H groups in total. The lowest BCUT2D eigenvalue weighted by Crippen LogP contribution is -2.01. The molecule has 0 spiro atoms. The van der Waals surface area contributed by atoms with Crippen molar-refractivity contribution in [3.63, 3.8) is 0 Å². The first kappa shape index (κ1) is 12.4. The zero-order chi connectivity index (χ0) is 12.1. The highest BCUT2D eigenvalue weighted by molar-refractivity contribution is 7.98. The zero-order valence-electron chi connectivity index (χ0n) is 9.10. The number of thioether (sulfide) groups is 1. The van der Waals surface area contributed by atoms with Gasteiger partial charge in [-0.25, -0.2) is 0 Å². The van der Waals surface area contributed by atoms with E-state index < -0.39 is 0 Å². The second kappa shape index (κ2) is 6.05. The summed E-state index contributed by atoms with van der Waals surface area (Å²) in [4.78, 5) is 4.29. The van der Waals surface area contributed by atoms with Gasteiger partial charge in [0.1, 0.15) is 0 Å².